The third kappa shape index (κ3) is 1.53. The van der Waals surface area contributed by atoms with Gasteiger partial charge in [-0.05, 0) is 17.7 Å². The van der Waals surface area contributed by atoms with E-state index >= 15 is 0 Å². The zero-order chi connectivity index (χ0) is 9.26. The van der Waals surface area contributed by atoms with Crippen molar-refractivity contribution in [3.05, 3.63) is 29.3 Å². The van der Waals surface area contributed by atoms with Crippen LogP contribution in [0.15, 0.2) is 18.2 Å². The predicted octanol–water partition coefficient (Wildman–Crippen LogP) is 0.961. The summed E-state index contributed by atoms with van der Waals surface area (Å²) in [6.45, 7) is 0.743. The number of hydrogen-bond acceptors (Lipinski definition) is 3. The summed E-state index contributed by atoms with van der Waals surface area (Å²) in [6, 6.07) is 5.70. The van der Waals surface area contributed by atoms with Crippen LogP contribution in [0, 0.1) is 0 Å². The first kappa shape index (κ1) is 8.53. The third-order valence-corrected chi connectivity index (χ3v) is 2.34. The Hall–Kier alpha value is -1.06. The van der Waals surface area contributed by atoms with Gasteiger partial charge in [0.2, 0.25) is 0 Å². The van der Waals surface area contributed by atoms with Crippen LogP contribution in [-0.4, -0.2) is 11.7 Å². The van der Waals surface area contributed by atoms with Gasteiger partial charge in [0.1, 0.15) is 5.75 Å². The van der Waals surface area contributed by atoms with Crippen molar-refractivity contribution in [2.24, 2.45) is 5.73 Å². The molecule has 70 valence electrons. The molecule has 1 aromatic rings. The smallest absolute Gasteiger partial charge is 0.124 e. The van der Waals surface area contributed by atoms with Gasteiger partial charge < -0.3 is 15.6 Å². The maximum absolute atomic E-state index is 8.94. The van der Waals surface area contributed by atoms with E-state index < -0.39 is 0 Å². The van der Waals surface area contributed by atoms with E-state index in [0.29, 0.717) is 6.61 Å². The Kier molecular flexibility index (Phi) is 2.20. The molecule has 0 radical (unpaired) electrons. The number of rotatable bonds is 1. The van der Waals surface area contributed by atoms with E-state index in [2.05, 4.69) is 0 Å². The fourth-order valence-electron chi connectivity index (χ4n) is 1.57. The maximum Gasteiger partial charge on any atom is 0.124 e. The minimum atomic E-state index is 0.0512. The number of benzene rings is 1. The molecule has 0 fully saturated rings. The second kappa shape index (κ2) is 3.36. The van der Waals surface area contributed by atoms with Gasteiger partial charge in [-0.25, -0.2) is 0 Å². The Morgan fingerprint density at radius 1 is 1.54 bits per heavy atom. The van der Waals surface area contributed by atoms with Gasteiger partial charge in [0.15, 0.2) is 0 Å². The van der Waals surface area contributed by atoms with Crippen molar-refractivity contribution in [2.45, 2.75) is 19.1 Å². The Morgan fingerprint density at radius 2 is 2.38 bits per heavy atom. The molecule has 1 heterocycles. The summed E-state index contributed by atoms with van der Waals surface area (Å²) < 4.78 is 5.43. The minimum absolute atomic E-state index is 0.0512. The monoisotopic (exact) mass is 179 g/mol. The highest BCUT2D eigenvalue weighted by Gasteiger charge is 2.17. The summed E-state index contributed by atoms with van der Waals surface area (Å²) in [7, 11) is 0. The Balaban J connectivity index is 2.41. The number of fused-ring (bicyclic) bond motifs is 1. The van der Waals surface area contributed by atoms with Gasteiger partial charge in [0, 0.05) is 18.0 Å². The van der Waals surface area contributed by atoms with Gasteiger partial charge in [-0.2, -0.15) is 0 Å². The molecule has 3 N–H and O–H groups in total. The first-order valence-corrected chi connectivity index (χ1v) is 4.43. The molecule has 0 saturated carbocycles. The van der Waals surface area contributed by atoms with Gasteiger partial charge >= 0.3 is 0 Å². The van der Waals surface area contributed by atoms with Crippen molar-refractivity contribution in [3.63, 3.8) is 0 Å². The zero-order valence-electron chi connectivity index (χ0n) is 7.36. The lowest BCUT2D eigenvalue weighted by Crippen LogP contribution is -2.20. The molecule has 13 heavy (non-hydrogen) atoms. The molecule has 1 aromatic carbocycles. The lowest BCUT2D eigenvalue weighted by Gasteiger charge is -2.23. The first-order chi connectivity index (χ1) is 6.31. The highest BCUT2D eigenvalue weighted by molar-refractivity contribution is 5.40. The van der Waals surface area contributed by atoms with Crippen molar-refractivity contribution >= 4 is 0 Å². The summed E-state index contributed by atoms with van der Waals surface area (Å²) in [5.74, 6) is 0.857. The zero-order valence-corrected chi connectivity index (χ0v) is 7.36. The predicted molar refractivity (Wildman–Crippen MR) is 49.4 cm³/mol. The van der Waals surface area contributed by atoms with Crippen molar-refractivity contribution in [1.29, 1.82) is 0 Å². The van der Waals surface area contributed by atoms with Crippen LogP contribution in [0.25, 0.3) is 0 Å². The minimum Gasteiger partial charge on any atom is -0.493 e. The van der Waals surface area contributed by atoms with E-state index in [1.807, 2.05) is 18.2 Å². The third-order valence-electron chi connectivity index (χ3n) is 2.34. The SMILES string of the molecule is NC1CCOc2ccc(CO)cc21. The summed E-state index contributed by atoms with van der Waals surface area (Å²) in [5, 5.41) is 8.94. The van der Waals surface area contributed by atoms with E-state index in [-0.39, 0.29) is 12.6 Å². The molecule has 1 aliphatic heterocycles. The Labute approximate surface area is 77.1 Å². The molecule has 0 amide bonds. The van der Waals surface area contributed by atoms with Crippen molar-refractivity contribution in [1.82, 2.24) is 0 Å². The molecular formula is C10H13NO2. The largest absolute Gasteiger partial charge is 0.493 e. The van der Waals surface area contributed by atoms with Gasteiger partial charge in [-0.1, -0.05) is 6.07 Å². The van der Waals surface area contributed by atoms with Crippen molar-refractivity contribution in [2.75, 3.05) is 6.61 Å². The molecule has 1 aliphatic rings. The standard InChI is InChI=1S/C10H13NO2/c11-9-3-4-13-10-2-1-7(6-12)5-8(9)10/h1-2,5,9,12H,3-4,6,11H2. The fourth-order valence-corrected chi connectivity index (χ4v) is 1.57. The maximum atomic E-state index is 8.94. The Bertz CT molecular complexity index is 312. The molecule has 1 unspecified atom stereocenters. The lowest BCUT2D eigenvalue weighted by atomic mass is 9.99. The molecular weight excluding hydrogens is 166 g/mol. The van der Waals surface area contributed by atoms with Crippen LogP contribution < -0.4 is 10.5 Å². The number of ether oxygens (including phenoxy) is 1. The molecule has 1 atom stereocenters. The van der Waals surface area contributed by atoms with E-state index in [1.54, 1.807) is 0 Å². The van der Waals surface area contributed by atoms with Crippen LogP contribution in [0.2, 0.25) is 0 Å². The molecule has 2 rings (SSSR count). The van der Waals surface area contributed by atoms with Crippen LogP contribution in [-0.2, 0) is 6.61 Å². The van der Waals surface area contributed by atoms with Crippen LogP contribution in [0.4, 0.5) is 0 Å². The number of aliphatic hydroxyl groups is 1. The van der Waals surface area contributed by atoms with Gasteiger partial charge in [-0.15, -0.1) is 0 Å². The van der Waals surface area contributed by atoms with E-state index in [4.69, 9.17) is 15.6 Å². The highest BCUT2D eigenvalue weighted by atomic mass is 16.5. The number of aliphatic hydroxyl groups excluding tert-OH is 1. The first-order valence-electron chi connectivity index (χ1n) is 4.43. The molecule has 3 heteroatoms. The molecule has 0 aliphatic carbocycles. The molecule has 0 saturated heterocycles. The highest BCUT2D eigenvalue weighted by Crippen LogP contribution is 2.30. The van der Waals surface area contributed by atoms with Crippen LogP contribution in [0.1, 0.15) is 23.6 Å². The average molecular weight is 179 g/mol. The number of nitrogens with two attached hydrogens (primary N) is 1. The van der Waals surface area contributed by atoms with E-state index in [9.17, 15) is 0 Å². The average Bonchev–Trinajstić information content (AvgIpc) is 2.18. The van der Waals surface area contributed by atoms with Crippen LogP contribution >= 0.6 is 0 Å². The summed E-state index contributed by atoms with van der Waals surface area (Å²) in [5.41, 5.74) is 7.81. The summed E-state index contributed by atoms with van der Waals surface area (Å²) >= 11 is 0. The summed E-state index contributed by atoms with van der Waals surface area (Å²) in [4.78, 5) is 0. The Morgan fingerprint density at radius 3 is 3.15 bits per heavy atom. The molecule has 0 spiro atoms. The van der Waals surface area contributed by atoms with Crippen molar-refractivity contribution in [3.8, 4) is 5.75 Å². The topological polar surface area (TPSA) is 55.5 Å². The second-order valence-electron chi connectivity index (χ2n) is 3.27. The normalized spacial score (nSPS) is 20.6. The fraction of sp³-hybridized carbons (Fsp3) is 0.400. The van der Waals surface area contributed by atoms with E-state index in [1.165, 1.54) is 0 Å². The molecule has 0 bridgehead atoms. The molecule has 3 nitrogen and oxygen atoms in total. The lowest BCUT2D eigenvalue weighted by molar-refractivity contribution is 0.265. The second-order valence-corrected chi connectivity index (χ2v) is 3.27. The number of hydrogen-bond donors (Lipinski definition) is 2. The van der Waals surface area contributed by atoms with Gasteiger partial charge in [0.25, 0.3) is 0 Å². The van der Waals surface area contributed by atoms with Gasteiger partial charge in [0.05, 0.1) is 13.2 Å². The van der Waals surface area contributed by atoms with Crippen LogP contribution in [0.5, 0.6) is 5.75 Å². The van der Waals surface area contributed by atoms with Crippen LogP contribution in [0.3, 0.4) is 0 Å². The summed E-state index contributed by atoms with van der Waals surface area (Å²) in [6.07, 6.45) is 0.849. The van der Waals surface area contributed by atoms with Gasteiger partial charge in [-0.3, -0.25) is 0 Å². The van der Waals surface area contributed by atoms with E-state index in [0.717, 1.165) is 23.3 Å². The quantitative estimate of drug-likeness (QED) is 0.675. The molecule has 0 aromatic heterocycles. The van der Waals surface area contributed by atoms with Crippen molar-refractivity contribution < 1.29 is 9.84 Å².